The molecule has 0 fully saturated rings. The van der Waals surface area contributed by atoms with Crippen molar-refractivity contribution < 1.29 is 28.8 Å². The van der Waals surface area contributed by atoms with Crippen molar-refractivity contribution in [1.29, 1.82) is 11.0 Å². The lowest BCUT2D eigenvalue weighted by molar-refractivity contribution is 0.421. The number of nitrogens with two attached hydrogens (primary N) is 4. The maximum atomic E-state index is 13.7. The molecule has 0 heterocycles. The Bertz CT molecular complexity index is 2370. The molecule has 0 aromatic heterocycles. The highest BCUT2D eigenvalue weighted by molar-refractivity contribution is 7.87. The maximum absolute atomic E-state index is 13.7. The predicted octanol–water partition coefficient (Wildman–Crippen LogP) is 4.74. The first-order valence-electron chi connectivity index (χ1n) is 17.1. The molecule has 0 bridgehead atoms. The summed E-state index contributed by atoms with van der Waals surface area (Å²) < 4.78 is 87.2. The first-order chi connectivity index (χ1) is 25.6. The molecule has 16 heteroatoms. The average Bonchev–Trinajstić information content (AvgIpc) is 3.14. The molecule has 14 nitrogen and oxygen atoms in total. The molecule has 0 aliphatic heterocycles. The van der Waals surface area contributed by atoms with E-state index in [0.717, 1.165) is 0 Å². The summed E-state index contributed by atoms with van der Waals surface area (Å²) >= 11 is 0. The Kier molecular flexibility index (Phi) is 8.40. The van der Waals surface area contributed by atoms with Gasteiger partial charge in [-0.3, -0.25) is 9.11 Å². The highest BCUT2D eigenvalue weighted by Crippen LogP contribution is 2.52. The van der Waals surface area contributed by atoms with Crippen LogP contribution in [0.25, 0.3) is 22.5 Å². The number of nitrogens with one attached hydrogen (secondary N) is 2. The zero-order valence-electron chi connectivity index (χ0n) is 30.1. The van der Waals surface area contributed by atoms with E-state index >= 15 is 0 Å². The summed E-state index contributed by atoms with van der Waals surface area (Å²) in [5, 5.41) is 7.55. The predicted molar refractivity (Wildman–Crippen MR) is 197 cm³/mol. The summed E-state index contributed by atoms with van der Waals surface area (Å²) in [7, 11) is -10.2. The molecule has 4 aromatic rings. The summed E-state index contributed by atoms with van der Waals surface area (Å²) in [5.41, 5.74) is 35.2. The summed E-state index contributed by atoms with van der Waals surface area (Å²) in [6, 6.07) is 19.4. The molecule has 270 valence electrons. The van der Waals surface area contributed by atoms with Gasteiger partial charge < -0.3 is 22.9 Å². The van der Waals surface area contributed by atoms with E-state index in [4.69, 9.17) is 25.8 Å². The minimum atomic E-state index is -5.09. The van der Waals surface area contributed by atoms with Gasteiger partial charge in [-0.2, -0.15) is 27.1 Å². The van der Waals surface area contributed by atoms with Crippen LogP contribution in [0.5, 0.6) is 0 Å². The van der Waals surface area contributed by atoms with Crippen molar-refractivity contribution >= 4 is 31.6 Å². The quantitative estimate of drug-likeness (QED) is 0.0861. The first kappa shape index (κ1) is 34.0. The minimum absolute atomic E-state index is 0.0197. The number of rotatable bonds is 9. The van der Waals surface area contributed by atoms with Crippen LogP contribution in [0, 0.1) is 11.0 Å². The lowest BCUT2D eigenvalue weighted by Gasteiger charge is -2.42. The monoisotopic (exact) mass is 742 g/mol. The number of hydrogen-bond acceptors (Lipinski definition) is 12. The van der Waals surface area contributed by atoms with E-state index in [9.17, 15) is 25.9 Å². The molecular weight excluding hydrogens is 705 g/mol. The van der Waals surface area contributed by atoms with Crippen LogP contribution in [0.4, 0.5) is 0 Å². The van der Waals surface area contributed by atoms with E-state index in [1.165, 1.54) is 12.1 Å². The lowest BCUT2D eigenvalue weighted by atomic mass is 9.73. The van der Waals surface area contributed by atoms with Crippen molar-refractivity contribution in [3.05, 3.63) is 141 Å². The van der Waals surface area contributed by atoms with E-state index in [-0.39, 0.29) is 69.0 Å². The van der Waals surface area contributed by atoms with Crippen molar-refractivity contribution in [3.63, 3.8) is 0 Å². The van der Waals surface area contributed by atoms with Gasteiger partial charge >= 0.3 is 0 Å². The Morgan fingerprint density at radius 2 is 1.02 bits per heavy atom. The van der Waals surface area contributed by atoms with Crippen LogP contribution in [-0.4, -0.2) is 38.0 Å². The van der Waals surface area contributed by atoms with Gasteiger partial charge in [0.1, 0.15) is 11.4 Å². The summed E-state index contributed by atoms with van der Waals surface area (Å²) in [6.45, 7) is 3.61. The molecule has 0 radical (unpaired) electrons. The molecule has 52 heavy (non-hydrogen) atoms. The molecule has 2 aliphatic carbocycles. The molecule has 0 saturated heterocycles. The van der Waals surface area contributed by atoms with E-state index < -0.39 is 41.8 Å². The number of fused-ring (bicyclic) bond motifs is 2. The zero-order chi connectivity index (χ0) is 39.4. The van der Waals surface area contributed by atoms with E-state index in [2.05, 4.69) is 21.3 Å². The van der Waals surface area contributed by atoms with E-state index in [1.54, 1.807) is 86.6 Å². The second kappa shape index (κ2) is 12.8. The second-order valence-electron chi connectivity index (χ2n) is 12.7. The molecule has 6 rings (SSSR count). The Morgan fingerprint density at radius 1 is 0.654 bits per heavy atom. The fraction of sp³-hybridized carbons (Fsp3) is 0.222. The van der Waals surface area contributed by atoms with Gasteiger partial charge in [-0.25, -0.2) is 11.0 Å². The third-order valence-electron chi connectivity index (χ3n) is 10.4. The topological polar surface area (TPSA) is 285 Å². The highest BCUT2D eigenvalue weighted by Gasteiger charge is 2.59. The Labute approximate surface area is 304 Å². The lowest BCUT2D eigenvalue weighted by Crippen LogP contribution is -2.55. The molecular formula is C36H38N8O6S2. The normalized spacial score (nSPS) is 24.2. The molecule has 4 unspecified atom stereocenters. The third kappa shape index (κ3) is 4.90. The van der Waals surface area contributed by atoms with Crippen LogP contribution in [0.15, 0.2) is 107 Å². The smallest absolute Gasteiger partial charge is 0.281 e. The van der Waals surface area contributed by atoms with Gasteiger partial charge in [0.15, 0.2) is 9.49 Å². The number of benzene rings is 4. The SMILES string of the molecule is [H]/N=N/C1=C(N)c2ccccc2C(c2ccc(-c3ccc(C4(S(=O)(=O)O)c5ccccc5C(N)=C(/N=N/[H])C4N)c(CC)c3)cc2CC)(S(=O)(=O)O)C1N. The molecule has 4 aromatic carbocycles. The molecule has 0 amide bonds. The van der Waals surface area contributed by atoms with Crippen molar-refractivity contribution in [1.82, 2.24) is 0 Å². The molecule has 0 spiro atoms. The standard InChI is InChI=1S/C36H38N8O6S2/c1-3-19-17-21(13-15-25(19)35(51(45,46)47)27-11-7-5-9-23(27)29(37)31(43-41)33(35)39)22-14-16-26(20(4-2)18-22)36(52(48,49)50)28-12-8-6-10-24(28)30(38)32(44-42)34(36)40/h5-18,33-34,41-42H,3-4,37-40H2,1-2H3,(H,45,46,47)(H,48,49,50)/b43-41+,44-42+. The zero-order valence-corrected chi connectivity index (χ0v) is 29.7. The van der Waals surface area contributed by atoms with Gasteiger partial charge in [0.25, 0.3) is 20.2 Å². The summed E-state index contributed by atoms with van der Waals surface area (Å²) in [4.78, 5) is 0. The maximum Gasteiger partial charge on any atom is 0.281 e. The Balaban J connectivity index is 1.59. The molecule has 12 N–H and O–H groups in total. The first-order valence-corrected chi connectivity index (χ1v) is 19.1. The van der Waals surface area contributed by atoms with Gasteiger partial charge in [-0.05, 0) is 57.3 Å². The average molecular weight is 743 g/mol. The van der Waals surface area contributed by atoms with Crippen molar-refractivity contribution in [3.8, 4) is 11.1 Å². The van der Waals surface area contributed by atoms with Gasteiger partial charge in [0, 0.05) is 11.1 Å². The van der Waals surface area contributed by atoms with Crippen LogP contribution in [0.2, 0.25) is 2.82 Å². The summed E-state index contributed by atoms with van der Waals surface area (Å²) in [6.07, 6.45) is 0.558. The van der Waals surface area contributed by atoms with Crippen LogP contribution >= 0.6 is 0 Å². The molecule has 0 saturated carbocycles. The van der Waals surface area contributed by atoms with E-state index in [0.29, 0.717) is 22.3 Å². The molecule has 4 atom stereocenters. The van der Waals surface area contributed by atoms with Crippen molar-refractivity contribution in [2.45, 2.75) is 48.3 Å². The number of hydrogen-bond donors (Lipinski definition) is 8. The Morgan fingerprint density at radius 3 is 1.35 bits per heavy atom. The van der Waals surface area contributed by atoms with Gasteiger partial charge in [-0.15, -0.1) is 0 Å². The van der Waals surface area contributed by atoms with E-state index in [1.807, 2.05) is 0 Å². The largest absolute Gasteiger partial charge is 0.397 e. The summed E-state index contributed by atoms with van der Waals surface area (Å²) in [5.74, 6) is 0. The van der Waals surface area contributed by atoms with Crippen molar-refractivity contribution in [2.75, 3.05) is 0 Å². The van der Waals surface area contributed by atoms with Crippen LogP contribution in [0.3, 0.4) is 0 Å². The van der Waals surface area contributed by atoms with Crippen LogP contribution in [0.1, 0.15) is 58.4 Å². The van der Waals surface area contributed by atoms with Crippen LogP contribution in [-0.2, 0) is 42.6 Å². The van der Waals surface area contributed by atoms with Gasteiger partial charge in [-0.1, -0.05) is 98.8 Å². The second-order valence-corrected chi connectivity index (χ2v) is 15.9. The Hall–Kier alpha value is -5.10. The highest BCUT2D eigenvalue weighted by atomic mass is 32.2. The van der Waals surface area contributed by atoms with Gasteiger partial charge in [0.2, 0.25) is 2.82 Å². The third-order valence-corrected chi connectivity index (χ3v) is 13.4. The fourth-order valence-corrected chi connectivity index (χ4v) is 10.7. The number of aryl methyl sites for hydroxylation is 2. The van der Waals surface area contributed by atoms with Crippen molar-refractivity contribution in [2.24, 2.45) is 33.2 Å². The fourth-order valence-electron chi connectivity index (χ4n) is 8.01. The van der Waals surface area contributed by atoms with Crippen LogP contribution < -0.4 is 22.9 Å². The van der Waals surface area contributed by atoms with Gasteiger partial charge in [0.05, 0.1) is 23.5 Å². The minimum Gasteiger partial charge on any atom is -0.397 e. The molecule has 2 aliphatic rings. The number of nitrogens with zero attached hydrogens (tertiary/aromatic N) is 2.